The van der Waals surface area contributed by atoms with Crippen molar-refractivity contribution >= 4 is 21.7 Å². The molecule has 0 radical (unpaired) electrons. The summed E-state index contributed by atoms with van der Waals surface area (Å²) in [4.78, 5) is 0. The third-order valence-electron chi connectivity index (χ3n) is 1.61. The van der Waals surface area contributed by atoms with Crippen molar-refractivity contribution in [1.82, 2.24) is 5.16 Å². The molecule has 12 heavy (non-hydrogen) atoms. The summed E-state index contributed by atoms with van der Waals surface area (Å²) in [6.07, 6.45) is 1.58. The minimum atomic E-state index is -1.10. The van der Waals surface area contributed by atoms with Crippen molar-refractivity contribution < 1.29 is 8.73 Å². The molecule has 0 amide bonds. The Morgan fingerprint density at radius 3 is 2.92 bits per heavy atom. The molecule has 4 heteroatoms. The highest BCUT2D eigenvalue weighted by molar-refractivity contribution is 7.84. The highest BCUT2D eigenvalue weighted by Gasteiger charge is 2.09. The van der Waals surface area contributed by atoms with E-state index >= 15 is 0 Å². The predicted molar refractivity (Wildman–Crippen MR) is 46.3 cm³/mol. The first-order valence-corrected chi connectivity index (χ1v) is 5.02. The van der Waals surface area contributed by atoms with E-state index in [4.69, 9.17) is 4.52 Å². The fraction of sp³-hybridized carbons (Fsp3) is 0.125. The smallest absolute Gasteiger partial charge is 0.230 e. The molecule has 0 aliphatic carbocycles. The van der Waals surface area contributed by atoms with Gasteiger partial charge in [-0.3, -0.25) is 4.21 Å². The summed E-state index contributed by atoms with van der Waals surface area (Å²) in [6, 6.07) is 7.42. The summed E-state index contributed by atoms with van der Waals surface area (Å²) in [5, 5.41) is 5.05. The van der Waals surface area contributed by atoms with E-state index in [9.17, 15) is 4.21 Å². The van der Waals surface area contributed by atoms with Gasteiger partial charge in [0.2, 0.25) is 5.09 Å². The Kier molecular flexibility index (Phi) is 1.69. The molecule has 0 fully saturated rings. The normalized spacial score (nSPS) is 13.4. The first-order chi connectivity index (χ1) is 5.79. The van der Waals surface area contributed by atoms with Crippen molar-refractivity contribution in [3.05, 3.63) is 24.3 Å². The molecule has 2 aromatic rings. The van der Waals surface area contributed by atoms with Crippen LogP contribution in [-0.4, -0.2) is 15.6 Å². The molecule has 1 heterocycles. The lowest BCUT2D eigenvalue weighted by Gasteiger charge is -1.86. The lowest BCUT2D eigenvalue weighted by atomic mass is 10.3. The van der Waals surface area contributed by atoms with Crippen molar-refractivity contribution in [3.63, 3.8) is 0 Å². The zero-order chi connectivity index (χ0) is 8.55. The standard InChI is InChI=1S/C8H7NO2S/c1-12(10)8-6-4-2-3-5-7(6)9-11-8/h2-5H,1H3. The Morgan fingerprint density at radius 1 is 1.42 bits per heavy atom. The quantitative estimate of drug-likeness (QED) is 0.670. The monoisotopic (exact) mass is 181 g/mol. The van der Waals surface area contributed by atoms with E-state index in [-0.39, 0.29) is 0 Å². The highest BCUT2D eigenvalue weighted by Crippen LogP contribution is 2.19. The molecule has 0 saturated heterocycles. The first kappa shape index (κ1) is 7.49. The van der Waals surface area contributed by atoms with Crippen LogP contribution in [0, 0.1) is 0 Å². The Balaban J connectivity index is 2.79. The number of hydrogen-bond acceptors (Lipinski definition) is 3. The van der Waals surface area contributed by atoms with Gasteiger partial charge in [0.1, 0.15) is 5.52 Å². The van der Waals surface area contributed by atoms with Crippen molar-refractivity contribution in [2.45, 2.75) is 5.09 Å². The van der Waals surface area contributed by atoms with Gasteiger partial charge in [-0.25, -0.2) is 0 Å². The van der Waals surface area contributed by atoms with Crippen LogP contribution in [0.5, 0.6) is 0 Å². The number of fused-ring (bicyclic) bond motifs is 1. The van der Waals surface area contributed by atoms with Gasteiger partial charge in [0.15, 0.2) is 0 Å². The fourth-order valence-corrected chi connectivity index (χ4v) is 1.70. The number of hydrogen-bond donors (Lipinski definition) is 0. The van der Waals surface area contributed by atoms with Gasteiger partial charge < -0.3 is 4.52 Å². The minimum Gasteiger partial charge on any atom is -0.346 e. The average Bonchev–Trinajstić information content (AvgIpc) is 2.47. The van der Waals surface area contributed by atoms with Crippen molar-refractivity contribution in [2.75, 3.05) is 6.26 Å². The van der Waals surface area contributed by atoms with E-state index in [1.165, 1.54) is 0 Å². The molecule has 0 N–H and O–H groups in total. The van der Waals surface area contributed by atoms with Crippen LogP contribution in [0.25, 0.3) is 10.9 Å². The molecule has 0 spiro atoms. The zero-order valence-corrected chi connectivity index (χ0v) is 7.30. The Labute approximate surface area is 71.8 Å². The fourth-order valence-electron chi connectivity index (χ4n) is 1.07. The second-order valence-corrected chi connectivity index (χ2v) is 3.72. The SMILES string of the molecule is CS(=O)c1onc2ccccc12. The molecule has 1 aromatic heterocycles. The van der Waals surface area contributed by atoms with Crippen LogP contribution in [0.3, 0.4) is 0 Å². The second kappa shape index (κ2) is 2.71. The Bertz CT molecular complexity index is 435. The summed E-state index contributed by atoms with van der Waals surface area (Å²) < 4.78 is 16.0. The Morgan fingerprint density at radius 2 is 2.17 bits per heavy atom. The first-order valence-electron chi connectivity index (χ1n) is 3.47. The lowest BCUT2D eigenvalue weighted by molar-refractivity contribution is 0.354. The lowest BCUT2D eigenvalue weighted by Crippen LogP contribution is -1.83. The van der Waals surface area contributed by atoms with Crippen LogP contribution in [0.2, 0.25) is 0 Å². The van der Waals surface area contributed by atoms with E-state index < -0.39 is 10.8 Å². The van der Waals surface area contributed by atoms with E-state index in [0.717, 1.165) is 10.9 Å². The number of benzene rings is 1. The van der Waals surface area contributed by atoms with Gasteiger partial charge in [-0.2, -0.15) is 0 Å². The van der Waals surface area contributed by atoms with E-state index in [1.54, 1.807) is 6.26 Å². The summed E-state index contributed by atoms with van der Waals surface area (Å²) in [7, 11) is -1.10. The molecule has 1 aromatic carbocycles. The van der Waals surface area contributed by atoms with Crippen molar-refractivity contribution in [2.24, 2.45) is 0 Å². The van der Waals surface area contributed by atoms with Crippen LogP contribution < -0.4 is 0 Å². The summed E-state index contributed by atoms with van der Waals surface area (Å²) in [6.45, 7) is 0. The third kappa shape index (κ3) is 1.04. The van der Waals surface area contributed by atoms with Crippen LogP contribution in [0.4, 0.5) is 0 Å². The highest BCUT2D eigenvalue weighted by atomic mass is 32.2. The maximum Gasteiger partial charge on any atom is 0.230 e. The molecule has 1 atom stereocenters. The van der Waals surface area contributed by atoms with Crippen LogP contribution in [0.15, 0.2) is 33.9 Å². The molecule has 0 bridgehead atoms. The van der Waals surface area contributed by atoms with Gasteiger partial charge in [0, 0.05) is 6.26 Å². The molecule has 1 unspecified atom stereocenters. The van der Waals surface area contributed by atoms with Crippen LogP contribution >= 0.6 is 0 Å². The van der Waals surface area contributed by atoms with Gasteiger partial charge in [-0.15, -0.1) is 0 Å². The van der Waals surface area contributed by atoms with E-state index in [2.05, 4.69) is 5.16 Å². The molecule has 0 aliphatic rings. The summed E-state index contributed by atoms with van der Waals surface area (Å²) in [5.41, 5.74) is 0.753. The topological polar surface area (TPSA) is 43.1 Å². The van der Waals surface area contributed by atoms with E-state index in [0.29, 0.717) is 5.09 Å². The van der Waals surface area contributed by atoms with Gasteiger partial charge in [-0.1, -0.05) is 17.3 Å². The van der Waals surface area contributed by atoms with E-state index in [1.807, 2.05) is 24.3 Å². The molecular formula is C8H7NO2S. The van der Waals surface area contributed by atoms with Crippen LogP contribution in [0.1, 0.15) is 0 Å². The van der Waals surface area contributed by atoms with Crippen molar-refractivity contribution in [3.8, 4) is 0 Å². The number of aromatic nitrogens is 1. The molecular weight excluding hydrogens is 174 g/mol. The number of nitrogens with zero attached hydrogens (tertiary/aromatic N) is 1. The number of rotatable bonds is 1. The Hall–Kier alpha value is -1.16. The molecule has 3 nitrogen and oxygen atoms in total. The maximum absolute atomic E-state index is 11.1. The van der Waals surface area contributed by atoms with Gasteiger partial charge >= 0.3 is 0 Å². The molecule has 0 saturated carbocycles. The van der Waals surface area contributed by atoms with Gasteiger partial charge in [0.05, 0.1) is 16.2 Å². The predicted octanol–water partition coefficient (Wildman–Crippen LogP) is 1.57. The molecule has 0 aliphatic heterocycles. The third-order valence-corrected chi connectivity index (χ3v) is 2.43. The van der Waals surface area contributed by atoms with Crippen LogP contribution in [-0.2, 0) is 10.8 Å². The molecule has 2 rings (SSSR count). The largest absolute Gasteiger partial charge is 0.346 e. The maximum atomic E-state index is 11.1. The zero-order valence-electron chi connectivity index (χ0n) is 6.48. The minimum absolute atomic E-state index is 0.450. The second-order valence-electron chi connectivity index (χ2n) is 2.44. The summed E-state index contributed by atoms with van der Waals surface area (Å²) >= 11 is 0. The summed E-state index contributed by atoms with van der Waals surface area (Å²) in [5.74, 6) is 0. The average molecular weight is 181 g/mol. The molecule has 62 valence electrons. The van der Waals surface area contributed by atoms with Gasteiger partial charge in [-0.05, 0) is 12.1 Å². The van der Waals surface area contributed by atoms with Crippen molar-refractivity contribution in [1.29, 1.82) is 0 Å². The van der Waals surface area contributed by atoms with Gasteiger partial charge in [0.25, 0.3) is 0 Å².